The Morgan fingerprint density at radius 3 is 2.31 bits per heavy atom. The lowest BCUT2D eigenvalue weighted by Gasteiger charge is -2.22. The second-order valence-electron chi connectivity index (χ2n) is 6.60. The quantitative estimate of drug-likeness (QED) is 0.686. The molecular formula is C22H16F3N3O. The third-order valence-electron chi connectivity index (χ3n) is 4.76. The van der Waals surface area contributed by atoms with Gasteiger partial charge in [-0.2, -0.15) is 0 Å². The van der Waals surface area contributed by atoms with Crippen molar-refractivity contribution in [2.45, 2.75) is 6.42 Å². The predicted molar refractivity (Wildman–Crippen MR) is 105 cm³/mol. The van der Waals surface area contributed by atoms with E-state index in [2.05, 4.69) is 4.99 Å². The standard InChI is InChI=1S/C22H16F3N3O/c23-15-4-1-13-9-10-27-21(18(13)11-15)14-2-5-16(6-3-14)28(22(26)29)17-7-8-19(24)20(25)12-17/h1-8,11-12H,9-10H2,(H2,26,29). The molecule has 2 amide bonds. The molecule has 7 heteroatoms. The molecule has 1 aliphatic rings. The van der Waals surface area contributed by atoms with Crippen molar-refractivity contribution in [1.29, 1.82) is 0 Å². The zero-order chi connectivity index (χ0) is 20.5. The third kappa shape index (κ3) is 3.59. The van der Waals surface area contributed by atoms with Crippen molar-refractivity contribution in [1.82, 2.24) is 0 Å². The monoisotopic (exact) mass is 395 g/mol. The fourth-order valence-corrected chi connectivity index (χ4v) is 3.40. The molecule has 1 aliphatic heterocycles. The first-order chi connectivity index (χ1) is 13.9. The average Bonchev–Trinajstić information content (AvgIpc) is 2.71. The normalized spacial score (nSPS) is 12.9. The molecule has 0 saturated heterocycles. The van der Waals surface area contributed by atoms with Gasteiger partial charge in [0.1, 0.15) is 5.82 Å². The van der Waals surface area contributed by atoms with Crippen molar-refractivity contribution in [3.05, 3.63) is 94.8 Å². The van der Waals surface area contributed by atoms with E-state index in [1.165, 1.54) is 18.2 Å². The Hall–Kier alpha value is -3.61. The summed E-state index contributed by atoms with van der Waals surface area (Å²) in [5.74, 6) is -2.44. The highest BCUT2D eigenvalue weighted by Gasteiger charge is 2.19. The van der Waals surface area contributed by atoms with Gasteiger partial charge in [-0.05, 0) is 48.4 Å². The molecule has 0 spiro atoms. The molecule has 0 radical (unpaired) electrons. The fraction of sp³-hybridized carbons (Fsp3) is 0.0909. The van der Waals surface area contributed by atoms with E-state index in [0.717, 1.165) is 40.1 Å². The first-order valence-corrected chi connectivity index (χ1v) is 8.92. The van der Waals surface area contributed by atoms with E-state index in [0.29, 0.717) is 17.9 Å². The number of aliphatic imine (C=N–C) groups is 1. The van der Waals surface area contributed by atoms with E-state index in [4.69, 9.17) is 5.73 Å². The van der Waals surface area contributed by atoms with E-state index >= 15 is 0 Å². The van der Waals surface area contributed by atoms with Gasteiger partial charge in [-0.25, -0.2) is 18.0 Å². The van der Waals surface area contributed by atoms with E-state index in [9.17, 15) is 18.0 Å². The van der Waals surface area contributed by atoms with Crippen molar-refractivity contribution < 1.29 is 18.0 Å². The average molecular weight is 395 g/mol. The number of urea groups is 1. The fourth-order valence-electron chi connectivity index (χ4n) is 3.40. The van der Waals surface area contributed by atoms with Crippen LogP contribution in [0.5, 0.6) is 0 Å². The van der Waals surface area contributed by atoms with Crippen molar-refractivity contribution in [2.24, 2.45) is 10.7 Å². The number of carbonyl (C=O) groups excluding carboxylic acids is 1. The molecule has 0 atom stereocenters. The predicted octanol–water partition coefficient (Wildman–Crippen LogP) is 4.71. The van der Waals surface area contributed by atoms with Crippen LogP contribution in [-0.2, 0) is 6.42 Å². The lowest BCUT2D eigenvalue weighted by Crippen LogP contribution is -2.31. The molecule has 0 bridgehead atoms. The highest BCUT2D eigenvalue weighted by atomic mass is 19.2. The molecule has 4 nitrogen and oxygen atoms in total. The summed E-state index contributed by atoms with van der Waals surface area (Å²) in [5.41, 5.74) is 9.09. The molecule has 29 heavy (non-hydrogen) atoms. The number of carbonyl (C=O) groups is 1. The highest BCUT2D eigenvalue weighted by molar-refractivity contribution is 6.14. The lowest BCUT2D eigenvalue weighted by atomic mass is 9.93. The van der Waals surface area contributed by atoms with E-state index < -0.39 is 17.7 Å². The Morgan fingerprint density at radius 2 is 1.62 bits per heavy atom. The van der Waals surface area contributed by atoms with Crippen molar-refractivity contribution in [3.8, 4) is 0 Å². The number of nitrogens with two attached hydrogens (primary N) is 1. The molecule has 2 N–H and O–H groups in total. The number of nitrogens with zero attached hydrogens (tertiary/aromatic N) is 2. The second kappa shape index (κ2) is 7.43. The summed E-state index contributed by atoms with van der Waals surface area (Å²) >= 11 is 0. The van der Waals surface area contributed by atoms with Crippen LogP contribution < -0.4 is 10.6 Å². The summed E-state index contributed by atoms with van der Waals surface area (Å²) in [4.78, 5) is 17.5. The number of hydrogen-bond acceptors (Lipinski definition) is 2. The second-order valence-corrected chi connectivity index (χ2v) is 6.60. The Kier molecular flexibility index (Phi) is 4.80. The van der Waals surface area contributed by atoms with Crippen molar-refractivity contribution >= 4 is 23.1 Å². The Labute approximate surface area is 165 Å². The Bertz CT molecular complexity index is 1130. The Morgan fingerprint density at radius 1 is 0.897 bits per heavy atom. The van der Waals surface area contributed by atoms with Gasteiger partial charge >= 0.3 is 6.03 Å². The van der Waals surface area contributed by atoms with Gasteiger partial charge < -0.3 is 5.73 Å². The molecule has 4 rings (SSSR count). The van der Waals surface area contributed by atoms with Crippen LogP contribution in [0.25, 0.3) is 0 Å². The van der Waals surface area contributed by atoms with Crippen LogP contribution in [0.3, 0.4) is 0 Å². The number of hydrogen-bond donors (Lipinski definition) is 1. The maximum absolute atomic E-state index is 13.7. The highest BCUT2D eigenvalue weighted by Crippen LogP contribution is 2.28. The van der Waals surface area contributed by atoms with Crippen LogP contribution in [0.4, 0.5) is 29.3 Å². The number of primary amides is 1. The molecule has 3 aromatic carbocycles. The number of fused-ring (bicyclic) bond motifs is 1. The largest absolute Gasteiger partial charge is 0.351 e. The van der Waals surface area contributed by atoms with Crippen LogP contribution in [0, 0.1) is 17.5 Å². The number of amides is 2. The third-order valence-corrected chi connectivity index (χ3v) is 4.76. The van der Waals surface area contributed by atoms with Crippen LogP contribution >= 0.6 is 0 Å². The van der Waals surface area contributed by atoms with Crippen LogP contribution in [0.15, 0.2) is 65.7 Å². The van der Waals surface area contributed by atoms with Gasteiger partial charge in [-0.1, -0.05) is 18.2 Å². The van der Waals surface area contributed by atoms with Gasteiger partial charge in [-0.3, -0.25) is 9.89 Å². The summed E-state index contributed by atoms with van der Waals surface area (Å²) in [6.07, 6.45) is 0.739. The first kappa shape index (κ1) is 18.7. The molecule has 3 aromatic rings. The molecule has 0 fully saturated rings. The van der Waals surface area contributed by atoms with Gasteiger partial charge in [-0.15, -0.1) is 0 Å². The molecule has 1 heterocycles. The smallest absolute Gasteiger partial charge is 0.323 e. The maximum Gasteiger partial charge on any atom is 0.323 e. The maximum atomic E-state index is 13.7. The van der Waals surface area contributed by atoms with Crippen molar-refractivity contribution in [3.63, 3.8) is 0 Å². The first-order valence-electron chi connectivity index (χ1n) is 8.92. The van der Waals surface area contributed by atoms with Gasteiger partial charge in [0.25, 0.3) is 0 Å². The van der Waals surface area contributed by atoms with Gasteiger partial charge in [0, 0.05) is 23.7 Å². The zero-order valence-corrected chi connectivity index (χ0v) is 15.2. The van der Waals surface area contributed by atoms with E-state index in [-0.39, 0.29) is 11.5 Å². The number of rotatable bonds is 3. The summed E-state index contributed by atoms with van der Waals surface area (Å²) in [6.45, 7) is 0.595. The van der Waals surface area contributed by atoms with Gasteiger partial charge in [0.05, 0.1) is 17.1 Å². The molecule has 0 aromatic heterocycles. The van der Waals surface area contributed by atoms with Crippen LogP contribution in [0.1, 0.15) is 16.7 Å². The van der Waals surface area contributed by atoms with E-state index in [1.807, 2.05) is 0 Å². The van der Waals surface area contributed by atoms with Crippen LogP contribution in [-0.4, -0.2) is 18.3 Å². The summed E-state index contributed by atoms with van der Waals surface area (Å²) in [6, 6.07) is 13.6. The van der Waals surface area contributed by atoms with Crippen LogP contribution in [0.2, 0.25) is 0 Å². The topological polar surface area (TPSA) is 58.7 Å². The Balaban J connectivity index is 1.70. The number of anilines is 2. The van der Waals surface area contributed by atoms with Gasteiger partial charge in [0.15, 0.2) is 11.6 Å². The lowest BCUT2D eigenvalue weighted by molar-refractivity contribution is 0.256. The molecule has 0 unspecified atom stereocenters. The van der Waals surface area contributed by atoms with E-state index in [1.54, 1.807) is 30.3 Å². The zero-order valence-electron chi connectivity index (χ0n) is 15.2. The minimum absolute atomic E-state index is 0.103. The summed E-state index contributed by atoms with van der Waals surface area (Å²) < 4.78 is 40.5. The minimum atomic E-state index is -1.08. The summed E-state index contributed by atoms with van der Waals surface area (Å²) in [5, 5.41) is 0. The summed E-state index contributed by atoms with van der Waals surface area (Å²) in [7, 11) is 0. The SMILES string of the molecule is NC(=O)N(c1ccc(C2=NCCc3ccc(F)cc32)cc1)c1ccc(F)c(F)c1. The molecule has 0 saturated carbocycles. The van der Waals surface area contributed by atoms with Gasteiger partial charge in [0.2, 0.25) is 0 Å². The molecule has 146 valence electrons. The minimum Gasteiger partial charge on any atom is -0.351 e. The molecule has 0 aliphatic carbocycles. The molecular weight excluding hydrogens is 379 g/mol. The number of benzene rings is 3. The number of halogens is 3. The van der Waals surface area contributed by atoms with Crippen molar-refractivity contribution in [2.75, 3.05) is 11.4 Å².